The van der Waals surface area contributed by atoms with E-state index in [0.717, 1.165) is 16.1 Å². The fraction of sp³-hybridized carbons (Fsp3) is 0. The fourth-order valence-electron chi connectivity index (χ4n) is 1.69. The Morgan fingerprint density at radius 2 is 1.64 bits per heavy atom. The molecule has 0 N–H and O–H groups in total. The maximum atomic E-state index is 12.0. The molecule has 0 unspecified atom stereocenters. The Labute approximate surface area is 137 Å². The normalized spacial score (nSPS) is 10.4. The number of allylic oxidation sites excluding steroid dienone is 1. The van der Waals surface area contributed by atoms with Gasteiger partial charge >= 0.3 is 5.97 Å². The van der Waals surface area contributed by atoms with E-state index in [0.29, 0.717) is 11.3 Å². The molecule has 0 saturated heterocycles. The van der Waals surface area contributed by atoms with Gasteiger partial charge in [-0.15, -0.1) is 0 Å². The van der Waals surface area contributed by atoms with Crippen LogP contribution in [0, 0.1) is 0 Å². The van der Waals surface area contributed by atoms with E-state index < -0.39 is 5.97 Å². The van der Waals surface area contributed by atoms with Crippen molar-refractivity contribution in [2.24, 2.45) is 0 Å². The second-order valence-corrected chi connectivity index (χ2v) is 5.31. The smallest absolute Gasteiger partial charge is 0.335 e. The first kappa shape index (κ1) is 15.9. The Morgan fingerprint density at radius 3 is 2.23 bits per heavy atom. The van der Waals surface area contributed by atoms with Crippen molar-refractivity contribution >= 4 is 33.8 Å². The third-order valence-electron chi connectivity index (χ3n) is 2.82. The molecule has 2 rings (SSSR count). The van der Waals surface area contributed by atoms with Crippen molar-refractivity contribution in [1.82, 2.24) is 0 Å². The van der Waals surface area contributed by atoms with Gasteiger partial charge in [0.25, 0.3) is 0 Å². The lowest BCUT2D eigenvalue weighted by Gasteiger charge is -2.01. The summed E-state index contributed by atoms with van der Waals surface area (Å²) in [6, 6.07) is 14.0. The molecule has 0 aromatic heterocycles. The Kier molecular flexibility index (Phi) is 5.44. The average molecular weight is 357 g/mol. The first-order chi connectivity index (χ1) is 10.6. The van der Waals surface area contributed by atoms with Crippen LogP contribution in [0.5, 0.6) is 5.75 Å². The number of ketones is 1. The third-order valence-corrected chi connectivity index (χ3v) is 3.35. The molecule has 0 bridgehead atoms. The molecular formula is C18H13BrO3. The summed E-state index contributed by atoms with van der Waals surface area (Å²) in [6.07, 6.45) is 4.32. The van der Waals surface area contributed by atoms with Gasteiger partial charge in [-0.3, -0.25) is 4.79 Å². The SMILES string of the molecule is C=CC(=O)Oc1ccc(/C=C/C(=O)c2ccc(Br)cc2)cc1. The number of esters is 1. The lowest BCUT2D eigenvalue weighted by atomic mass is 10.1. The van der Waals surface area contributed by atoms with E-state index in [4.69, 9.17) is 4.74 Å². The van der Waals surface area contributed by atoms with Crippen LogP contribution in [0.1, 0.15) is 15.9 Å². The van der Waals surface area contributed by atoms with Crippen molar-refractivity contribution < 1.29 is 14.3 Å². The molecule has 0 aliphatic rings. The van der Waals surface area contributed by atoms with Crippen LogP contribution >= 0.6 is 15.9 Å². The average Bonchev–Trinajstić information content (AvgIpc) is 2.54. The largest absolute Gasteiger partial charge is 0.423 e. The molecule has 110 valence electrons. The van der Waals surface area contributed by atoms with Gasteiger partial charge in [0.1, 0.15) is 5.75 Å². The summed E-state index contributed by atoms with van der Waals surface area (Å²) in [7, 11) is 0. The molecule has 2 aromatic carbocycles. The van der Waals surface area contributed by atoms with Crippen LogP contribution in [0.2, 0.25) is 0 Å². The number of hydrogen-bond donors (Lipinski definition) is 0. The minimum atomic E-state index is -0.506. The molecule has 0 heterocycles. The van der Waals surface area contributed by atoms with Crippen molar-refractivity contribution in [2.75, 3.05) is 0 Å². The van der Waals surface area contributed by atoms with E-state index in [9.17, 15) is 9.59 Å². The van der Waals surface area contributed by atoms with Crippen LogP contribution in [0.4, 0.5) is 0 Å². The summed E-state index contributed by atoms with van der Waals surface area (Å²) in [6.45, 7) is 3.33. The third kappa shape index (κ3) is 4.53. The lowest BCUT2D eigenvalue weighted by Crippen LogP contribution is -2.02. The highest BCUT2D eigenvalue weighted by Crippen LogP contribution is 2.15. The van der Waals surface area contributed by atoms with E-state index in [-0.39, 0.29) is 5.78 Å². The summed E-state index contributed by atoms with van der Waals surface area (Å²) in [5.74, 6) is -0.148. The van der Waals surface area contributed by atoms with E-state index in [1.807, 2.05) is 12.1 Å². The molecule has 3 nitrogen and oxygen atoms in total. The van der Waals surface area contributed by atoms with Gasteiger partial charge in [0, 0.05) is 16.1 Å². The van der Waals surface area contributed by atoms with Crippen molar-refractivity contribution in [3.05, 3.63) is 82.9 Å². The van der Waals surface area contributed by atoms with E-state index in [1.54, 1.807) is 42.5 Å². The van der Waals surface area contributed by atoms with Crippen LogP contribution in [-0.4, -0.2) is 11.8 Å². The predicted octanol–water partition coefficient (Wildman–Crippen LogP) is 4.44. The summed E-state index contributed by atoms with van der Waals surface area (Å²) < 4.78 is 5.90. The minimum absolute atomic E-state index is 0.0744. The maximum absolute atomic E-state index is 12.0. The first-order valence-electron chi connectivity index (χ1n) is 6.51. The molecule has 0 spiro atoms. The second kappa shape index (κ2) is 7.52. The Morgan fingerprint density at radius 1 is 1.00 bits per heavy atom. The Bertz CT molecular complexity index is 713. The highest BCUT2D eigenvalue weighted by atomic mass is 79.9. The quantitative estimate of drug-likeness (QED) is 0.344. The van der Waals surface area contributed by atoms with Crippen molar-refractivity contribution in [3.8, 4) is 5.75 Å². The monoisotopic (exact) mass is 356 g/mol. The Balaban J connectivity index is 2.03. The van der Waals surface area contributed by atoms with E-state index >= 15 is 0 Å². The molecule has 2 aromatic rings. The number of carbonyl (C=O) groups is 2. The van der Waals surface area contributed by atoms with Gasteiger partial charge < -0.3 is 4.74 Å². The summed E-state index contributed by atoms with van der Waals surface area (Å²) >= 11 is 3.33. The van der Waals surface area contributed by atoms with Crippen molar-refractivity contribution in [3.63, 3.8) is 0 Å². The summed E-state index contributed by atoms with van der Waals surface area (Å²) in [5, 5.41) is 0. The number of ether oxygens (including phenoxy) is 1. The van der Waals surface area contributed by atoms with Crippen molar-refractivity contribution in [1.29, 1.82) is 0 Å². The first-order valence-corrected chi connectivity index (χ1v) is 7.30. The number of halogens is 1. The minimum Gasteiger partial charge on any atom is -0.423 e. The van der Waals surface area contributed by atoms with Gasteiger partial charge in [-0.1, -0.05) is 40.7 Å². The van der Waals surface area contributed by atoms with Gasteiger partial charge in [-0.25, -0.2) is 4.79 Å². The van der Waals surface area contributed by atoms with Gasteiger partial charge in [0.05, 0.1) is 0 Å². The van der Waals surface area contributed by atoms with Gasteiger partial charge in [-0.05, 0) is 48.0 Å². The molecule has 0 amide bonds. The summed E-state index contributed by atoms with van der Waals surface area (Å²) in [5.41, 5.74) is 1.46. The molecule has 22 heavy (non-hydrogen) atoms. The highest BCUT2D eigenvalue weighted by Gasteiger charge is 2.02. The molecule has 0 saturated carbocycles. The number of benzene rings is 2. The van der Waals surface area contributed by atoms with E-state index in [1.165, 1.54) is 6.08 Å². The van der Waals surface area contributed by atoms with Crippen LogP contribution in [-0.2, 0) is 4.79 Å². The van der Waals surface area contributed by atoms with Gasteiger partial charge in [0.2, 0.25) is 0 Å². The van der Waals surface area contributed by atoms with Crippen LogP contribution in [0.25, 0.3) is 6.08 Å². The standard InChI is InChI=1S/C18H13BrO3/c1-2-18(21)22-16-10-3-13(4-11-16)5-12-17(20)14-6-8-15(19)9-7-14/h2-12H,1H2/b12-5+. The van der Waals surface area contributed by atoms with Crippen LogP contribution in [0.15, 0.2) is 71.7 Å². The molecular weight excluding hydrogens is 344 g/mol. The highest BCUT2D eigenvalue weighted by molar-refractivity contribution is 9.10. The zero-order valence-corrected chi connectivity index (χ0v) is 13.2. The van der Waals surface area contributed by atoms with Crippen LogP contribution in [0.3, 0.4) is 0 Å². The molecule has 4 heteroatoms. The van der Waals surface area contributed by atoms with Gasteiger partial charge in [-0.2, -0.15) is 0 Å². The molecule has 0 atom stereocenters. The number of rotatable bonds is 5. The van der Waals surface area contributed by atoms with Gasteiger partial charge in [0.15, 0.2) is 5.78 Å². The van der Waals surface area contributed by atoms with Crippen LogP contribution < -0.4 is 4.74 Å². The fourth-order valence-corrected chi connectivity index (χ4v) is 1.95. The van der Waals surface area contributed by atoms with Crippen molar-refractivity contribution in [2.45, 2.75) is 0 Å². The topological polar surface area (TPSA) is 43.4 Å². The molecule has 0 aliphatic carbocycles. The lowest BCUT2D eigenvalue weighted by molar-refractivity contribution is -0.128. The predicted molar refractivity (Wildman–Crippen MR) is 89.8 cm³/mol. The molecule has 0 fully saturated rings. The molecule has 0 radical (unpaired) electrons. The maximum Gasteiger partial charge on any atom is 0.335 e. The number of hydrogen-bond acceptors (Lipinski definition) is 3. The zero-order valence-electron chi connectivity index (χ0n) is 11.7. The second-order valence-electron chi connectivity index (χ2n) is 4.40. The Hall–Kier alpha value is -2.46. The summed E-state index contributed by atoms with van der Waals surface area (Å²) in [4.78, 5) is 23.1. The van der Waals surface area contributed by atoms with E-state index in [2.05, 4.69) is 22.5 Å². The molecule has 0 aliphatic heterocycles. The number of carbonyl (C=O) groups excluding carboxylic acids is 2. The zero-order chi connectivity index (χ0) is 15.9.